The van der Waals surface area contributed by atoms with Crippen molar-refractivity contribution in [2.45, 2.75) is 31.5 Å². The van der Waals surface area contributed by atoms with Gasteiger partial charge < -0.3 is 20.4 Å². The van der Waals surface area contributed by atoms with E-state index in [0.717, 1.165) is 11.1 Å². The second kappa shape index (κ2) is 7.63. The van der Waals surface area contributed by atoms with Crippen LogP contribution >= 0.6 is 0 Å². The van der Waals surface area contributed by atoms with Crippen LogP contribution in [-0.4, -0.2) is 29.2 Å². The Bertz CT molecular complexity index is 777. The molecule has 0 spiro atoms. The normalized spacial score (nSPS) is 16.4. The fourth-order valence-electron chi connectivity index (χ4n) is 2.87. The number of ether oxygens (including phenoxy) is 1. The van der Waals surface area contributed by atoms with Gasteiger partial charge in [-0.05, 0) is 30.0 Å². The highest BCUT2D eigenvalue weighted by Crippen LogP contribution is 2.18. The first-order valence-electron chi connectivity index (χ1n) is 8.45. The molecule has 1 amide bonds. The second-order valence-corrected chi connectivity index (χ2v) is 6.43. The lowest BCUT2D eigenvalue weighted by atomic mass is 9.90. The first-order chi connectivity index (χ1) is 12.1. The summed E-state index contributed by atoms with van der Waals surface area (Å²) in [6.45, 7) is 2.01. The van der Waals surface area contributed by atoms with Crippen LogP contribution in [0.2, 0.25) is 0 Å². The van der Waals surface area contributed by atoms with Crippen LogP contribution in [0.4, 0.5) is 0 Å². The summed E-state index contributed by atoms with van der Waals surface area (Å²) >= 11 is 0. The first-order valence-corrected chi connectivity index (χ1v) is 8.45. The summed E-state index contributed by atoms with van der Waals surface area (Å²) in [4.78, 5) is 24.1. The Labute approximate surface area is 146 Å². The topological polar surface area (TPSA) is 86.4 Å². The zero-order valence-electron chi connectivity index (χ0n) is 14.1. The van der Waals surface area contributed by atoms with Gasteiger partial charge in [0.05, 0.1) is 12.1 Å². The van der Waals surface area contributed by atoms with Gasteiger partial charge in [-0.25, -0.2) is 0 Å². The van der Waals surface area contributed by atoms with Crippen LogP contribution in [-0.2, 0) is 22.6 Å². The standard InChI is InChI=1S/C19H23N3O3/c20-19(8-11-25-12-9-19)18(24)21-13-15-4-6-16(7-5-15)14-22-10-2-1-3-17(22)23/h1-7,10H,8-9,11-14,20H2,(H,21,24). The number of rotatable bonds is 5. The summed E-state index contributed by atoms with van der Waals surface area (Å²) in [5.74, 6) is -0.129. The molecule has 0 aliphatic carbocycles. The lowest BCUT2D eigenvalue weighted by molar-refractivity contribution is -0.129. The van der Waals surface area contributed by atoms with Crippen molar-refractivity contribution in [3.63, 3.8) is 0 Å². The van der Waals surface area contributed by atoms with E-state index in [2.05, 4.69) is 5.32 Å². The average Bonchev–Trinajstić information content (AvgIpc) is 2.63. The van der Waals surface area contributed by atoms with Crippen molar-refractivity contribution in [3.05, 3.63) is 70.1 Å². The fraction of sp³-hybridized carbons (Fsp3) is 0.368. The Morgan fingerprint density at radius 1 is 1.12 bits per heavy atom. The Morgan fingerprint density at radius 3 is 2.48 bits per heavy atom. The summed E-state index contributed by atoms with van der Waals surface area (Å²) in [6, 6.07) is 13.0. The number of hydrogen-bond donors (Lipinski definition) is 2. The molecule has 6 nitrogen and oxygen atoms in total. The zero-order chi connectivity index (χ0) is 17.7. The molecule has 0 radical (unpaired) electrons. The fourth-order valence-corrected chi connectivity index (χ4v) is 2.87. The van der Waals surface area contributed by atoms with Crippen LogP contribution in [0.5, 0.6) is 0 Å². The summed E-state index contributed by atoms with van der Waals surface area (Å²) < 4.78 is 6.92. The third kappa shape index (κ3) is 4.35. The van der Waals surface area contributed by atoms with E-state index < -0.39 is 5.54 Å². The van der Waals surface area contributed by atoms with E-state index in [-0.39, 0.29) is 11.5 Å². The molecular formula is C19H23N3O3. The zero-order valence-corrected chi connectivity index (χ0v) is 14.1. The van der Waals surface area contributed by atoms with Gasteiger partial charge in [0, 0.05) is 32.0 Å². The van der Waals surface area contributed by atoms with Crippen LogP contribution in [0.15, 0.2) is 53.5 Å². The Balaban J connectivity index is 1.57. The number of nitrogens with two attached hydrogens (primary N) is 1. The molecule has 3 rings (SSSR count). The van der Waals surface area contributed by atoms with Gasteiger partial charge in [-0.1, -0.05) is 30.3 Å². The minimum absolute atomic E-state index is 0.0245. The smallest absolute Gasteiger partial charge is 0.250 e. The van der Waals surface area contributed by atoms with Gasteiger partial charge in [0.2, 0.25) is 5.91 Å². The molecule has 3 N–H and O–H groups in total. The minimum Gasteiger partial charge on any atom is -0.381 e. The SMILES string of the molecule is NC1(C(=O)NCc2ccc(Cn3ccccc3=O)cc2)CCOCC1. The number of hydrogen-bond acceptors (Lipinski definition) is 4. The molecule has 2 heterocycles. The molecule has 0 bridgehead atoms. The summed E-state index contributed by atoms with van der Waals surface area (Å²) in [5.41, 5.74) is 7.34. The van der Waals surface area contributed by atoms with Gasteiger partial charge in [-0.3, -0.25) is 9.59 Å². The Kier molecular flexibility index (Phi) is 5.31. The van der Waals surface area contributed by atoms with Crippen LogP contribution in [0.25, 0.3) is 0 Å². The van der Waals surface area contributed by atoms with E-state index in [4.69, 9.17) is 10.5 Å². The molecule has 0 unspecified atom stereocenters. The third-order valence-electron chi connectivity index (χ3n) is 4.57. The first kappa shape index (κ1) is 17.4. The summed E-state index contributed by atoms with van der Waals surface area (Å²) in [7, 11) is 0. The van der Waals surface area contributed by atoms with Gasteiger partial charge in [0.25, 0.3) is 5.56 Å². The van der Waals surface area contributed by atoms with Crippen molar-refractivity contribution in [1.82, 2.24) is 9.88 Å². The Hall–Kier alpha value is -2.44. The summed E-state index contributed by atoms with van der Waals surface area (Å²) in [6.07, 6.45) is 2.86. The number of carbonyl (C=O) groups excluding carboxylic acids is 1. The molecule has 0 saturated carbocycles. The van der Waals surface area contributed by atoms with E-state index in [1.165, 1.54) is 0 Å². The van der Waals surface area contributed by atoms with Crippen molar-refractivity contribution in [2.24, 2.45) is 5.73 Å². The largest absolute Gasteiger partial charge is 0.381 e. The van der Waals surface area contributed by atoms with E-state index in [1.807, 2.05) is 30.3 Å². The maximum atomic E-state index is 12.3. The molecule has 1 fully saturated rings. The number of pyridine rings is 1. The quantitative estimate of drug-likeness (QED) is 0.850. The molecule has 1 aliphatic rings. The van der Waals surface area contributed by atoms with E-state index in [1.54, 1.807) is 22.9 Å². The predicted molar refractivity (Wildman–Crippen MR) is 95.1 cm³/mol. The highest BCUT2D eigenvalue weighted by Gasteiger charge is 2.35. The molecule has 132 valence electrons. The summed E-state index contributed by atoms with van der Waals surface area (Å²) in [5, 5.41) is 2.91. The molecule has 25 heavy (non-hydrogen) atoms. The van der Waals surface area contributed by atoms with E-state index >= 15 is 0 Å². The van der Waals surface area contributed by atoms with Crippen molar-refractivity contribution < 1.29 is 9.53 Å². The van der Waals surface area contributed by atoms with Gasteiger partial charge in [0.1, 0.15) is 0 Å². The maximum absolute atomic E-state index is 12.3. The Morgan fingerprint density at radius 2 is 1.80 bits per heavy atom. The van der Waals surface area contributed by atoms with E-state index in [9.17, 15) is 9.59 Å². The predicted octanol–water partition coefficient (Wildman–Crippen LogP) is 1.02. The lowest BCUT2D eigenvalue weighted by Crippen LogP contribution is -2.56. The van der Waals surface area contributed by atoms with E-state index in [0.29, 0.717) is 39.1 Å². The highest BCUT2D eigenvalue weighted by molar-refractivity contribution is 5.86. The molecule has 0 atom stereocenters. The number of amides is 1. The van der Waals surface area contributed by atoms with Crippen molar-refractivity contribution in [2.75, 3.05) is 13.2 Å². The van der Waals surface area contributed by atoms with Gasteiger partial charge >= 0.3 is 0 Å². The minimum atomic E-state index is -0.827. The van der Waals surface area contributed by atoms with Gasteiger partial charge in [-0.15, -0.1) is 0 Å². The molecule has 1 aromatic carbocycles. The van der Waals surface area contributed by atoms with Crippen molar-refractivity contribution in [1.29, 1.82) is 0 Å². The third-order valence-corrected chi connectivity index (χ3v) is 4.57. The molecular weight excluding hydrogens is 318 g/mol. The molecule has 1 aromatic heterocycles. The van der Waals surface area contributed by atoms with Crippen LogP contribution in [0, 0.1) is 0 Å². The second-order valence-electron chi connectivity index (χ2n) is 6.43. The molecule has 1 aliphatic heterocycles. The van der Waals surface area contributed by atoms with Crippen LogP contribution in [0.1, 0.15) is 24.0 Å². The monoisotopic (exact) mass is 341 g/mol. The molecule has 2 aromatic rings. The number of carbonyl (C=O) groups is 1. The number of nitrogens with one attached hydrogen (secondary N) is 1. The van der Waals surface area contributed by atoms with Gasteiger partial charge in [0.15, 0.2) is 0 Å². The lowest BCUT2D eigenvalue weighted by Gasteiger charge is -2.31. The number of nitrogens with zero attached hydrogens (tertiary/aromatic N) is 1. The average molecular weight is 341 g/mol. The number of benzene rings is 1. The van der Waals surface area contributed by atoms with Crippen LogP contribution < -0.4 is 16.6 Å². The maximum Gasteiger partial charge on any atom is 0.250 e. The number of aromatic nitrogens is 1. The van der Waals surface area contributed by atoms with Gasteiger partial charge in [-0.2, -0.15) is 0 Å². The molecule has 1 saturated heterocycles. The highest BCUT2D eigenvalue weighted by atomic mass is 16.5. The van der Waals surface area contributed by atoms with Crippen molar-refractivity contribution >= 4 is 5.91 Å². The van der Waals surface area contributed by atoms with Crippen molar-refractivity contribution in [3.8, 4) is 0 Å². The van der Waals surface area contributed by atoms with Crippen LogP contribution in [0.3, 0.4) is 0 Å². The molecule has 6 heteroatoms.